The maximum Gasteiger partial charge on any atom is 0.0458 e. The van der Waals surface area contributed by atoms with Crippen LogP contribution in [0.2, 0.25) is 0 Å². The van der Waals surface area contributed by atoms with Gasteiger partial charge in [0.15, 0.2) is 0 Å². The van der Waals surface area contributed by atoms with E-state index < -0.39 is 0 Å². The van der Waals surface area contributed by atoms with Crippen LogP contribution >= 0.6 is 0 Å². The van der Waals surface area contributed by atoms with Crippen molar-refractivity contribution in [2.75, 3.05) is 27.2 Å². The summed E-state index contributed by atoms with van der Waals surface area (Å²) in [4.78, 5) is 2.41. The second-order valence-corrected chi connectivity index (χ2v) is 5.18. The van der Waals surface area contributed by atoms with E-state index in [1.807, 2.05) is 13.8 Å². The van der Waals surface area contributed by atoms with E-state index in [9.17, 15) is 0 Å². The highest BCUT2D eigenvalue weighted by molar-refractivity contribution is 4.95. The number of likely N-dealkylation sites (N-methyl/N-ethyl adjacent to an activating group) is 1. The summed E-state index contributed by atoms with van der Waals surface area (Å²) in [7, 11) is 4.31. The van der Waals surface area contributed by atoms with Crippen molar-refractivity contribution in [3.8, 4) is 0 Å². The summed E-state index contributed by atoms with van der Waals surface area (Å²) < 4.78 is 0. The molecule has 1 aliphatic heterocycles. The quantitative estimate of drug-likeness (QED) is 0.736. The van der Waals surface area contributed by atoms with Gasteiger partial charge in [0, 0.05) is 25.7 Å². The summed E-state index contributed by atoms with van der Waals surface area (Å²) in [5.74, 6) is 0.725. The third-order valence-electron chi connectivity index (χ3n) is 3.74. The molecule has 0 saturated carbocycles. The van der Waals surface area contributed by atoms with Gasteiger partial charge in [-0.05, 0) is 46.2 Å². The van der Waals surface area contributed by atoms with Gasteiger partial charge in [-0.1, -0.05) is 19.9 Å². The zero-order valence-electron chi connectivity index (χ0n) is 13.2. The number of rotatable bonds is 6. The monoisotopic (exact) mass is 255 g/mol. The largest absolute Gasteiger partial charge is 0.304 e. The molecular weight excluding hydrogens is 222 g/mol. The molecule has 3 heteroatoms. The SMILES string of the molecule is C=CC1C(CCCN(C)C(C)C)CNN1C.CC. The Hall–Kier alpha value is -0.380. The molecule has 1 saturated heterocycles. The van der Waals surface area contributed by atoms with Crippen molar-refractivity contribution in [3.63, 3.8) is 0 Å². The van der Waals surface area contributed by atoms with Crippen LogP contribution in [0.5, 0.6) is 0 Å². The van der Waals surface area contributed by atoms with E-state index in [2.05, 4.69) is 55.9 Å². The Bertz CT molecular complexity index is 216. The Morgan fingerprint density at radius 3 is 2.56 bits per heavy atom. The topological polar surface area (TPSA) is 18.5 Å². The molecule has 0 aromatic heterocycles. The number of hydrazine groups is 1. The van der Waals surface area contributed by atoms with Crippen LogP contribution in [-0.4, -0.2) is 49.2 Å². The second kappa shape index (κ2) is 9.54. The van der Waals surface area contributed by atoms with E-state index in [1.54, 1.807) is 0 Å². The highest BCUT2D eigenvalue weighted by Gasteiger charge is 2.28. The Balaban J connectivity index is 0.00000137. The molecule has 108 valence electrons. The van der Waals surface area contributed by atoms with E-state index >= 15 is 0 Å². The van der Waals surface area contributed by atoms with E-state index in [0.29, 0.717) is 12.1 Å². The molecule has 3 nitrogen and oxygen atoms in total. The van der Waals surface area contributed by atoms with E-state index in [1.165, 1.54) is 19.4 Å². The van der Waals surface area contributed by atoms with Crippen LogP contribution in [-0.2, 0) is 0 Å². The zero-order chi connectivity index (χ0) is 14.1. The smallest absolute Gasteiger partial charge is 0.0458 e. The maximum atomic E-state index is 3.92. The van der Waals surface area contributed by atoms with Gasteiger partial charge in [0.05, 0.1) is 0 Å². The molecule has 0 aromatic rings. The number of nitrogens with zero attached hydrogens (tertiary/aromatic N) is 2. The van der Waals surface area contributed by atoms with Crippen LogP contribution in [0.25, 0.3) is 0 Å². The number of hydrogen-bond acceptors (Lipinski definition) is 3. The molecule has 2 atom stereocenters. The molecule has 1 N–H and O–H groups in total. The summed E-state index contributed by atoms with van der Waals surface area (Å²) in [5, 5.41) is 2.18. The van der Waals surface area contributed by atoms with Gasteiger partial charge in [-0.15, -0.1) is 6.58 Å². The summed E-state index contributed by atoms with van der Waals surface area (Å²) in [6.07, 6.45) is 4.63. The van der Waals surface area contributed by atoms with Gasteiger partial charge in [0.25, 0.3) is 0 Å². The fourth-order valence-electron chi connectivity index (χ4n) is 2.29. The molecule has 1 heterocycles. The summed E-state index contributed by atoms with van der Waals surface area (Å²) >= 11 is 0. The van der Waals surface area contributed by atoms with Crippen LogP contribution in [0.3, 0.4) is 0 Å². The fourth-order valence-corrected chi connectivity index (χ4v) is 2.29. The predicted molar refractivity (Wildman–Crippen MR) is 81.6 cm³/mol. The maximum absolute atomic E-state index is 3.92. The molecule has 1 fully saturated rings. The summed E-state index contributed by atoms with van der Waals surface area (Å²) in [5.41, 5.74) is 3.38. The van der Waals surface area contributed by atoms with Gasteiger partial charge >= 0.3 is 0 Å². The standard InChI is InChI=1S/C13H27N3.C2H6/c1-6-13-12(10-14-16(13)5)8-7-9-15(4)11(2)3;1-2/h6,11-14H,1,7-10H2,2-5H3;1-2H3. The third kappa shape index (κ3) is 5.51. The Labute approximate surface area is 114 Å². The van der Waals surface area contributed by atoms with Gasteiger partial charge in [-0.25, -0.2) is 5.01 Å². The summed E-state index contributed by atoms with van der Waals surface area (Å²) in [6.45, 7) is 14.7. The van der Waals surface area contributed by atoms with Crippen LogP contribution in [0.15, 0.2) is 12.7 Å². The molecular formula is C15H33N3. The van der Waals surface area contributed by atoms with Gasteiger partial charge in [-0.2, -0.15) is 0 Å². The molecule has 1 rings (SSSR count). The molecule has 2 unspecified atom stereocenters. The van der Waals surface area contributed by atoms with Gasteiger partial charge in [0.1, 0.15) is 0 Å². The lowest BCUT2D eigenvalue weighted by molar-refractivity contribution is 0.240. The van der Waals surface area contributed by atoms with Crippen molar-refractivity contribution in [1.29, 1.82) is 0 Å². The molecule has 0 amide bonds. The lowest BCUT2D eigenvalue weighted by Gasteiger charge is -2.23. The Morgan fingerprint density at radius 2 is 2.06 bits per heavy atom. The van der Waals surface area contributed by atoms with Crippen LogP contribution < -0.4 is 5.43 Å². The third-order valence-corrected chi connectivity index (χ3v) is 3.74. The van der Waals surface area contributed by atoms with Crippen LogP contribution in [0.4, 0.5) is 0 Å². The van der Waals surface area contributed by atoms with E-state index in [-0.39, 0.29) is 0 Å². The minimum absolute atomic E-state index is 0.504. The number of nitrogens with one attached hydrogen (secondary N) is 1. The van der Waals surface area contributed by atoms with Crippen molar-refractivity contribution in [3.05, 3.63) is 12.7 Å². The second-order valence-electron chi connectivity index (χ2n) is 5.18. The Kier molecular flexibility index (Phi) is 9.34. The average molecular weight is 255 g/mol. The lowest BCUT2D eigenvalue weighted by Crippen LogP contribution is -2.33. The normalized spacial score (nSPS) is 24.2. The molecule has 0 aromatic carbocycles. The van der Waals surface area contributed by atoms with E-state index in [4.69, 9.17) is 0 Å². The van der Waals surface area contributed by atoms with Crippen LogP contribution in [0.1, 0.15) is 40.5 Å². The van der Waals surface area contributed by atoms with Crippen molar-refractivity contribution >= 4 is 0 Å². The van der Waals surface area contributed by atoms with Crippen molar-refractivity contribution in [2.45, 2.75) is 52.6 Å². The minimum Gasteiger partial charge on any atom is -0.304 e. The Morgan fingerprint density at radius 1 is 1.44 bits per heavy atom. The zero-order valence-corrected chi connectivity index (χ0v) is 13.2. The molecule has 1 aliphatic rings. The van der Waals surface area contributed by atoms with Crippen LogP contribution in [0, 0.1) is 5.92 Å². The first-order valence-electron chi connectivity index (χ1n) is 7.35. The molecule has 0 spiro atoms. The highest BCUT2D eigenvalue weighted by atomic mass is 15.5. The first kappa shape index (κ1) is 17.6. The molecule has 0 radical (unpaired) electrons. The van der Waals surface area contributed by atoms with Gasteiger partial charge in [0.2, 0.25) is 0 Å². The lowest BCUT2D eigenvalue weighted by atomic mass is 9.96. The minimum atomic E-state index is 0.504. The van der Waals surface area contributed by atoms with E-state index in [0.717, 1.165) is 12.5 Å². The van der Waals surface area contributed by atoms with Gasteiger partial charge in [-0.3, -0.25) is 5.43 Å². The first-order chi connectivity index (χ1) is 8.56. The fraction of sp³-hybridized carbons (Fsp3) is 0.867. The molecule has 0 bridgehead atoms. The van der Waals surface area contributed by atoms with Crippen molar-refractivity contribution < 1.29 is 0 Å². The molecule has 18 heavy (non-hydrogen) atoms. The summed E-state index contributed by atoms with van der Waals surface area (Å²) in [6, 6.07) is 1.16. The predicted octanol–water partition coefficient (Wildman–Crippen LogP) is 2.75. The van der Waals surface area contributed by atoms with Crippen molar-refractivity contribution in [2.24, 2.45) is 5.92 Å². The van der Waals surface area contributed by atoms with Gasteiger partial charge < -0.3 is 4.90 Å². The molecule has 0 aliphatic carbocycles. The highest BCUT2D eigenvalue weighted by Crippen LogP contribution is 2.20. The average Bonchev–Trinajstić information content (AvgIpc) is 2.72. The number of hydrogen-bond donors (Lipinski definition) is 1. The van der Waals surface area contributed by atoms with Crippen molar-refractivity contribution in [1.82, 2.24) is 15.3 Å². The first-order valence-corrected chi connectivity index (χ1v) is 7.35.